The number of hydrogen-bond acceptors (Lipinski definition) is 15. The molecule has 1 heterocycles. The number of nitriles is 2. The van der Waals surface area contributed by atoms with E-state index >= 15 is 0 Å². The summed E-state index contributed by atoms with van der Waals surface area (Å²) in [6.45, 7) is 9.90. The van der Waals surface area contributed by atoms with Crippen molar-refractivity contribution in [1.29, 1.82) is 10.5 Å². The average molecular weight is 1040 g/mol. The van der Waals surface area contributed by atoms with Gasteiger partial charge in [0.05, 0.1) is 117 Å². The van der Waals surface area contributed by atoms with E-state index in [4.69, 9.17) is 32.8 Å². The molecule has 18 nitrogen and oxygen atoms in total. The Morgan fingerprint density at radius 1 is 0.634 bits per heavy atom. The van der Waals surface area contributed by atoms with Gasteiger partial charge in [-0.2, -0.15) is 27.4 Å². The molecule has 1 aromatic heterocycles. The third-order valence-corrected chi connectivity index (χ3v) is 14.4. The molecule has 388 valence electrons. The van der Waals surface area contributed by atoms with Crippen molar-refractivity contribution in [1.82, 2.24) is 0 Å². The Bertz CT molecular complexity index is 2580. The third kappa shape index (κ3) is 22.3. The zero-order valence-electron chi connectivity index (χ0n) is 41.8. The minimum Gasteiger partial charge on any atom is -0.377 e. The van der Waals surface area contributed by atoms with Gasteiger partial charge in [-0.05, 0) is 54.3 Å². The topological polar surface area (TPSA) is 230 Å². The molecule has 71 heavy (non-hydrogen) atoms. The number of likely N-dealkylation sites (N-methyl/N-ethyl adjacent to an activating group) is 2. The Morgan fingerprint density at radius 2 is 1.10 bits per heavy atom. The number of thiophene rings is 1. The molecule has 2 unspecified atom stereocenters. The second-order valence-corrected chi connectivity index (χ2v) is 22.6. The van der Waals surface area contributed by atoms with Gasteiger partial charge in [0, 0.05) is 31.6 Å². The molecule has 0 radical (unpaired) electrons. The molecule has 0 bridgehead atoms. The van der Waals surface area contributed by atoms with Gasteiger partial charge >= 0.3 is 0 Å². The molecule has 0 aliphatic rings. The average Bonchev–Trinajstić information content (AvgIpc) is 3.63. The van der Waals surface area contributed by atoms with Crippen LogP contribution in [0.5, 0.6) is 0 Å². The van der Waals surface area contributed by atoms with Gasteiger partial charge in [0.2, 0.25) is 0 Å². The number of ether oxygens (including phenoxy) is 5. The van der Waals surface area contributed by atoms with E-state index in [0.717, 1.165) is 33.7 Å². The van der Waals surface area contributed by atoms with Gasteiger partial charge in [-0.3, -0.25) is 9.11 Å². The van der Waals surface area contributed by atoms with Gasteiger partial charge < -0.3 is 37.6 Å². The second-order valence-electron chi connectivity index (χ2n) is 18.5. The highest BCUT2D eigenvalue weighted by atomic mass is 32.2. The summed E-state index contributed by atoms with van der Waals surface area (Å²) in [6.07, 6.45) is -0.0914. The Labute approximate surface area is 424 Å². The van der Waals surface area contributed by atoms with Crippen molar-refractivity contribution in [2.45, 2.75) is 38.9 Å². The van der Waals surface area contributed by atoms with Crippen LogP contribution in [-0.2, 0) is 43.9 Å². The van der Waals surface area contributed by atoms with Crippen molar-refractivity contribution in [2.24, 2.45) is 10.2 Å². The normalized spacial score (nSPS) is 13.3. The van der Waals surface area contributed by atoms with E-state index in [1.165, 1.54) is 0 Å². The summed E-state index contributed by atoms with van der Waals surface area (Å²) in [6, 6.07) is 30.1. The van der Waals surface area contributed by atoms with Crippen molar-refractivity contribution in [2.75, 3.05) is 137 Å². The van der Waals surface area contributed by atoms with E-state index in [-0.39, 0.29) is 11.5 Å². The van der Waals surface area contributed by atoms with Crippen LogP contribution in [0.2, 0.25) is 0 Å². The van der Waals surface area contributed by atoms with Crippen LogP contribution in [0.25, 0.3) is 0 Å². The first-order valence-electron chi connectivity index (χ1n) is 23.5. The molecule has 3 aromatic carbocycles. The molecular formula is C50H71N7O11S3+2. The van der Waals surface area contributed by atoms with Crippen molar-refractivity contribution >= 4 is 47.9 Å². The zero-order chi connectivity index (χ0) is 51.9. The van der Waals surface area contributed by atoms with Crippen LogP contribution < -0.4 is 4.90 Å². The van der Waals surface area contributed by atoms with Crippen LogP contribution in [0.4, 0.5) is 16.4 Å². The number of nitrogens with zero attached hydrogens (tertiary/aromatic N) is 7. The Hall–Kier alpha value is -4.72. The summed E-state index contributed by atoms with van der Waals surface area (Å²) in [4.78, 5) is 2.65. The number of hydrogen-bond donors (Lipinski definition) is 2. The van der Waals surface area contributed by atoms with Crippen LogP contribution in [0.15, 0.2) is 89.1 Å². The first-order chi connectivity index (χ1) is 33.7. The van der Waals surface area contributed by atoms with Gasteiger partial charge in [0.15, 0.2) is 5.00 Å². The second kappa shape index (κ2) is 29.1. The largest absolute Gasteiger partial charge is 0.377 e. The lowest BCUT2D eigenvalue weighted by atomic mass is 10.1. The fraction of sp³-hybridized carbons (Fsp3) is 0.520. The number of anilines is 1. The number of benzene rings is 3. The maximum absolute atomic E-state index is 11.2. The molecule has 0 aliphatic carbocycles. The maximum Gasteiger partial charge on any atom is 0.265 e. The zero-order valence-corrected chi connectivity index (χ0v) is 44.3. The lowest BCUT2D eigenvalue weighted by Gasteiger charge is -2.33. The molecule has 0 fully saturated rings. The molecule has 4 rings (SSSR count). The Kier molecular flexibility index (Phi) is 24.1. The van der Waals surface area contributed by atoms with Crippen molar-refractivity contribution in [3.05, 3.63) is 112 Å². The monoisotopic (exact) mass is 1040 g/mol. The van der Waals surface area contributed by atoms with E-state index in [1.807, 2.05) is 114 Å². The van der Waals surface area contributed by atoms with E-state index in [9.17, 15) is 27.4 Å². The van der Waals surface area contributed by atoms with Gasteiger partial charge in [0.1, 0.15) is 42.3 Å². The van der Waals surface area contributed by atoms with Crippen molar-refractivity contribution < 1.29 is 58.6 Å². The van der Waals surface area contributed by atoms with Crippen LogP contribution in [-0.4, -0.2) is 167 Å². The predicted molar refractivity (Wildman–Crippen MR) is 275 cm³/mol. The molecule has 2 N–H and O–H groups in total. The van der Waals surface area contributed by atoms with E-state index in [2.05, 4.69) is 27.3 Å². The van der Waals surface area contributed by atoms with Crippen molar-refractivity contribution in [3.8, 4) is 12.1 Å². The van der Waals surface area contributed by atoms with Crippen LogP contribution in [0.1, 0.15) is 57.7 Å². The molecule has 2 atom stereocenters. The summed E-state index contributed by atoms with van der Waals surface area (Å²) in [5.74, 6) is -0.544. The highest BCUT2D eigenvalue weighted by molar-refractivity contribution is 7.86. The fourth-order valence-corrected chi connectivity index (χ4v) is 9.37. The fourth-order valence-electron chi connectivity index (χ4n) is 7.50. The molecule has 0 saturated carbocycles. The number of rotatable bonds is 34. The smallest absolute Gasteiger partial charge is 0.265 e. The molecule has 0 spiro atoms. The summed E-state index contributed by atoms with van der Waals surface area (Å²) in [7, 11) is -0.0396. The quantitative estimate of drug-likeness (QED) is 0.0199. The highest BCUT2D eigenvalue weighted by Gasteiger charge is 2.24. The van der Waals surface area contributed by atoms with Crippen LogP contribution in [0, 0.1) is 36.5 Å². The molecule has 0 saturated heterocycles. The summed E-state index contributed by atoms with van der Waals surface area (Å²) < 4.78 is 94.9. The maximum atomic E-state index is 11.2. The van der Waals surface area contributed by atoms with Crippen LogP contribution >= 0.6 is 11.3 Å². The molecule has 21 heteroatoms. The summed E-state index contributed by atoms with van der Waals surface area (Å²) >= 11 is 1.13. The molecule has 0 aliphatic heterocycles. The van der Waals surface area contributed by atoms with Gasteiger partial charge in [0.25, 0.3) is 20.2 Å². The molecule has 4 aromatic rings. The summed E-state index contributed by atoms with van der Waals surface area (Å²) in [5.41, 5.74) is 5.18. The third-order valence-electron chi connectivity index (χ3n) is 11.7. The number of quaternary nitrogens is 2. The predicted octanol–water partition coefficient (Wildman–Crippen LogP) is 7.60. The van der Waals surface area contributed by atoms with Gasteiger partial charge in [-0.25, -0.2) is 0 Å². The lowest BCUT2D eigenvalue weighted by molar-refractivity contribution is -0.890. The number of aryl methyl sites for hydroxylation is 1. The minimum atomic E-state index is -4.01. The first-order valence-corrected chi connectivity index (χ1v) is 27.5. The minimum absolute atomic E-state index is 0.265. The standard InChI is InChI=1S/C50H69N7O11S3/c1-40-35-44(19-20-46(40)53-54-50-45(36-51)41(2)49(37-52)69-50)55(38-47(42-15-9-7-10-16-42)67-31-29-65-26-24-57(5,6)22-14-34-71(61,62)63)39-48(43-17-11-8-12-18-43)68-32-30-66-28-27-64-25-23-56(3,4)21-13-33-70(58,59)60/h7-12,15-20,35,47-48H,13-14,21-34,38-39H2,1-6H3/p+2/b54-53+. The van der Waals surface area contributed by atoms with Gasteiger partial charge in [-0.15, -0.1) is 21.6 Å². The van der Waals surface area contributed by atoms with Gasteiger partial charge in [-0.1, -0.05) is 60.7 Å². The highest BCUT2D eigenvalue weighted by Crippen LogP contribution is 2.37. The van der Waals surface area contributed by atoms with E-state index < -0.39 is 32.4 Å². The SMILES string of the molecule is Cc1cc(N(CC(OCCOCCOCC[N+](C)(C)CCCS(=O)(=O)O)c2ccccc2)CC(OCCOCC[N+](C)(C)CCCS(=O)(=O)O)c2ccccc2)ccc1/N=N/c1sc(C#N)c(C)c1C#N. The van der Waals surface area contributed by atoms with E-state index in [1.54, 1.807) is 6.92 Å². The molecular weight excluding hydrogens is 971 g/mol. The Balaban J connectivity index is 1.49. The first kappa shape index (κ1) is 58.8. The Morgan fingerprint density at radius 3 is 1.54 bits per heavy atom. The number of azo groups is 1. The van der Waals surface area contributed by atoms with Crippen LogP contribution in [0.3, 0.4) is 0 Å². The van der Waals surface area contributed by atoms with Crippen molar-refractivity contribution in [3.63, 3.8) is 0 Å². The lowest BCUT2D eigenvalue weighted by Crippen LogP contribution is -2.43. The summed E-state index contributed by atoms with van der Waals surface area (Å²) in [5, 5.41) is 28.6. The van der Waals surface area contributed by atoms with E-state index in [0.29, 0.717) is 141 Å². The molecule has 0 amide bonds.